The van der Waals surface area contributed by atoms with Crippen molar-refractivity contribution in [2.24, 2.45) is 0 Å². The molecule has 4 heteroatoms. The molecule has 4 nitrogen and oxygen atoms in total. The number of hydrogen-bond donors (Lipinski definition) is 2. The van der Waals surface area contributed by atoms with E-state index in [4.69, 9.17) is 4.74 Å². The van der Waals surface area contributed by atoms with Crippen molar-refractivity contribution in [2.75, 3.05) is 46.0 Å². The van der Waals surface area contributed by atoms with Crippen LogP contribution in [0.25, 0.3) is 0 Å². The Kier molecular flexibility index (Phi) is 6.85. The third-order valence-corrected chi connectivity index (χ3v) is 4.09. The summed E-state index contributed by atoms with van der Waals surface area (Å²) in [5.74, 6) is 0. The smallest absolute Gasteiger partial charge is 0.0689 e. The van der Waals surface area contributed by atoms with Gasteiger partial charge in [-0.15, -0.1) is 0 Å². The lowest BCUT2D eigenvalue weighted by Gasteiger charge is -2.22. The normalized spacial score (nSPS) is 24.7. The van der Waals surface area contributed by atoms with Crippen molar-refractivity contribution in [3.8, 4) is 0 Å². The summed E-state index contributed by atoms with van der Waals surface area (Å²) >= 11 is 0. The molecule has 1 saturated heterocycles. The number of likely N-dealkylation sites (tertiary alicyclic amines) is 1. The van der Waals surface area contributed by atoms with Gasteiger partial charge in [0.15, 0.2) is 0 Å². The van der Waals surface area contributed by atoms with Gasteiger partial charge in [0.2, 0.25) is 0 Å². The van der Waals surface area contributed by atoms with E-state index in [9.17, 15) is 5.11 Å². The second-order valence-corrected chi connectivity index (χ2v) is 5.60. The monoisotopic (exact) mass is 268 g/mol. The molecule has 0 radical (unpaired) electrons. The SMILES string of the molecule is OCC1CCCN1CCCCNCC1=CCCOC1. The van der Waals surface area contributed by atoms with Crippen LogP contribution in [0.1, 0.15) is 32.1 Å². The zero-order chi connectivity index (χ0) is 13.3. The number of hydrogen-bond acceptors (Lipinski definition) is 4. The van der Waals surface area contributed by atoms with Crippen LogP contribution in [-0.4, -0.2) is 62.0 Å². The van der Waals surface area contributed by atoms with Crippen LogP contribution in [0, 0.1) is 0 Å². The predicted molar refractivity (Wildman–Crippen MR) is 77.3 cm³/mol. The molecule has 0 aromatic carbocycles. The molecule has 2 N–H and O–H groups in total. The molecule has 0 bridgehead atoms. The first-order valence-electron chi connectivity index (χ1n) is 7.71. The number of unbranched alkanes of at least 4 members (excludes halogenated alkanes) is 1. The maximum absolute atomic E-state index is 9.25. The standard InChI is InChI=1S/C15H28N2O2/c18-12-15-6-3-9-17(15)8-2-1-7-16-11-14-5-4-10-19-13-14/h5,15-16,18H,1-4,6-13H2. The molecule has 19 heavy (non-hydrogen) atoms. The van der Waals surface area contributed by atoms with Gasteiger partial charge in [-0.2, -0.15) is 0 Å². The van der Waals surface area contributed by atoms with Gasteiger partial charge in [0.25, 0.3) is 0 Å². The highest BCUT2D eigenvalue weighted by molar-refractivity contribution is 5.06. The van der Waals surface area contributed by atoms with Crippen LogP contribution in [-0.2, 0) is 4.74 Å². The highest BCUT2D eigenvalue weighted by atomic mass is 16.5. The summed E-state index contributed by atoms with van der Waals surface area (Å²) in [6, 6.07) is 0.428. The minimum Gasteiger partial charge on any atom is -0.395 e. The van der Waals surface area contributed by atoms with Crippen molar-refractivity contribution in [1.82, 2.24) is 10.2 Å². The van der Waals surface area contributed by atoms with Crippen molar-refractivity contribution in [2.45, 2.75) is 38.1 Å². The molecule has 1 atom stereocenters. The molecule has 1 unspecified atom stereocenters. The van der Waals surface area contributed by atoms with Crippen molar-refractivity contribution < 1.29 is 9.84 Å². The second-order valence-electron chi connectivity index (χ2n) is 5.60. The van der Waals surface area contributed by atoms with Crippen LogP contribution in [0.5, 0.6) is 0 Å². The lowest BCUT2D eigenvalue weighted by atomic mass is 10.2. The van der Waals surface area contributed by atoms with E-state index in [0.717, 1.165) is 39.3 Å². The molecule has 2 rings (SSSR count). The van der Waals surface area contributed by atoms with E-state index in [1.54, 1.807) is 0 Å². The second kappa shape index (κ2) is 8.69. The number of aliphatic hydroxyl groups excluding tert-OH is 1. The van der Waals surface area contributed by atoms with Gasteiger partial charge in [0, 0.05) is 12.6 Å². The van der Waals surface area contributed by atoms with Gasteiger partial charge in [-0.05, 0) is 57.3 Å². The van der Waals surface area contributed by atoms with Crippen LogP contribution in [0.3, 0.4) is 0 Å². The van der Waals surface area contributed by atoms with Gasteiger partial charge in [0.1, 0.15) is 0 Å². The third kappa shape index (κ3) is 5.22. The Hall–Kier alpha value is -0.420. The molecule has 0 amide bonds. The van der Waals surface area contributed by atoms with Crippen molar-refractivity contribution in [1.29, 1.82) is 0 Å². The van der Waals surface area contributed by atoms with Gasteiger partial charge in [-0.3, -0.25) is 4.90 Å². The number of aliphatic hydroxyl groups is 1. The quantitative estimate of drug-likeness (QED) is 0.512. The van der Waals surface area contributed by atoms with Gasteiger partial charge >= 0.3 is 0 Å². The first-order valence-corrected chi connectivity index (χ1v) is 7.71. The lowest BCUT2D eigenvalue weighted by Crippen LogP contribution is -2.33. The molecule has 2 aliphatic heterocycles. The number of nitrogens with zero attached hydrogens (tertiary/aromatic N) is 1. The van der Waals surface area contributed by atoms with Gasteiger partial charge in [0.05, 0.1) is 19.8 Å². The topological polar surface area (TPSA) is 44.7 Å². The molecule has 0 aliphatic carbocycles. The Morgan fingerprint density at radius 1 is 1.42 bits per heavy atom. The van der Waals surface area contributed by atoms with Gasteiger partial charge in [-0.25, -0.2) is 0 Å². The summed E-state index contributed by atoms with van der Waals surface area (Å²) in [6.45, 7) is 6.37. The Labute approximate surface area is 116 Å². The van der Waals surface area contributed by atoms with Crippen molar-refractivity contribution in [3.63, 3.8) is 0 Å². The fourth-order valence-corrected chi connectivity index (χ4v) is 2.94. The minimum absolute atomic E-state index is 0.326. The highest BCUT2D eigenvalue weighted by Crippen LogP contribution is 2.16. The Morgan fingerprint density at radius 3 is 3.16 bits per heavy atom. The molecule has 0 saturated carbocycles. The van der Waals surface area contributed by atoms with E-state index in [1.165, 1.54) is 37.8 Å². The summed E-state index contributed by atoms with van der Waals surface area (Å²) in [6.07, 6.45) is 8.21. The number of nitrogens with one attached hydrogen (secondary N) is 1. The summed E-state index contributed by atoms with van der Waals surface area (Å²) in [5, 5.41) is 12.7. The van der Waals surface area contributed by atoms with Crippen molar-refractivity contribution >= 4 is 0 Å². The third-order valence-electron chi connectivity index (χ3n) is 4.09. The van der Waals surface area contributed by atoms with E-state index >= 15 is 0 Å². The molecule has 1 fully saturated rings. The van der Waals surface area contributed by atoms with Crippen molar-refractivity contribution in [3.05, 3.63) is 11.6 Å². The fourth-order valence-electron chi connectivity index (χ4n) is 2.94. The van der Waals surface area contributed by atoms with Crippen LogP contribution in [0.4, 0.5) is 0 Å². The Bertz CT molecular complexity index is 281. The Morgan fingerprint density at radius 2 is 2.37 bits per heavy atom. The van der Waals surface area contributed by atoms with E-state index in [-0.39, 0.29) is 0 Å². The molecule has 0 aromatic heterocycles. The maximum Gasteiger partial charge on any atom is 0.0689 e. The van der Waals surface area contributed by atoms with Crippen LogP contribution in [0.15, 0.2) is 11.6 Å². The molecular weight excluding hydrogens is 240 g/mol. The number of rotatable bonds is 8. The molecule has 0 spiro atoms. The molecule has 2 heterocycles. The van der Waals surface area contributed by atoms with Crippen LogP contribution < -0.4 is 5.32 Å². The number of ether oxygens (including phenoxy) is 1. The van der Waals surface area contributed by atoms with E-state index in [0.29, 0.717) is 12.6 Å². The molecule has 110 valence electrons. The van der Waals surface area contributed by atoms with Gasteiger partial charge in [-0.1, -0.05) is 6.08 Å². The summed E-state index contributed by atoms with van der Waals surface area (Å²) in [5.41, 5.74) is 1.39. The first-order chi connectivity index (χ1) is 9.40. The maximum atomic E-state index is 9.25. The predicted octanol–water partition coefficient (Wildman–Crippen LogP) is 1.16. The van der Waals surface area contributed by atoms with Crippen LogP contribution >= 0.6 is 0 Å². The van der Waals surface area contributed by atoms with Gasteiger partial charge < -0.3 is 15.2 Å². The summed E-state index contributed by atoms with van der Waals surface area (Å²) in [4.78, 5) is 2.44. The van der Waals surface area contributed by atoms with Crippen LogP contribution in [0.2, 0.25) is 0 Å². The average Bonchev–Trinajstić information content (AvgIpc) is 2.91. The van der Waals surface area contributed by atoms with E-state index in [1.807, 2.05) is 0 Å². The Balaban J connectivity index is 1.47. The highest BCUT2D eigenvalue weighted by Gasteiger charge is 2.22. The lowest BCUT2D eigenvalue weighted by molar-refractivity contribution is 0.148. The first kappa shape index (κ1) is 15.0. The van der Waals surface area contributed by atoms with E-state index in [2.05, 4.69) is 16.3 Å². The summed E-state index contributed by atoms with van der Waals surface area (Å²) in [7, 11) is 0. The fraction of sp³-hybridized carbons (Fsp3) is 0.867. The van der Waals surface area contributed by atoms with E-state index < -0.39 is 0 Å². The minimum atomic E-state index is 0.326. The zero-order valence-corrected chi connectivity index (χ0v) is 11.9. The molecule has 0 aromatic rings. The molecule has 2 aliphatic rings. The largest absolute Gasteiger partial charge is 0.395 e. The average molecular weight is 268 g/mol. The molecular formula is C15H28N2O2. The zero-order valence-electron chi connectivity index (χ0n) is 11.9. The summed E-state index contributed by atoms with van der Waals surface area (Å²) < 4.78 is 5.41.